The zero-order valence-corrected chi connectivity index (χ0v) is 14.3. The van der Waals surface area contributed by atoms with Crippen LogP contribution in [-0.4, -0.2) is 24.1 Å². The fraction of sp³-hybridized carbons (Fsp3) is 0.600. The maximum absolute atomic E-state index is 13.8. The Bertz CT molecular complexity index is 384. The molecule has 108 valence electrons. The van der Waals surface area contributed by atoms with Crippen molar-refractivity contribution in [1.29, 1.82) is 0 Å². The van der Waals surface area contributed by atoms with Crippen LogP contribution in [0, 0.1) is 11.7 Å². The van der Waals surface area contributed by atoms with E-state index in [4.69, 9.17) is 0 Å². The number of halogens is 2. The van der Waals surface area contributed by atoms with E-state index in [1.54, 1.807) is 6.07 Å². The molecule has 0 amide bonds. The predicted molar refractivity (Wildman–Crippen MR) is 87.4 cm³/mol. The average Bonchev–Trinajstić information content (AvgIpc) is 2.32. The summed E-state index contributed by atoms with van der Waals surface area (Å²) in [7, 11) is 0. The predicted octanol–water partition coefficient (Wildman–Crippen LogP) is 4.50. The molecule has 1 unspecified atom stereocenters. The van der Waals surface area contributed by atoms with Crippen molar-refractivity contribution in [3.8, 4) is 0 Å². The first kappa shape index (κ1) is 17.0. The third-order valence-electron chi connectivity index (χ3n) is 2.74. The Balaban J connectivity index is 2.56. The van der Waals surface area contributed by atoms with E-state index in [-0.39, 0.29) is 5.82 Å². The van der Waals surface area contributed by atoms with Gasteiger partial charge >= 0.3 is 0 Å². The minimum atomic E-state index is -0.119. The van der Waals surface area contributed by atoms with Crippen LogP contribution in [0.2, 0.25) is 0 Å². The lowest BCUT2D eigenvalue weighted by molar-refractivity contribution is 0.544. The zero-order valence-electron chi connectivity index (χ0n) is 11.9. The number of hydrogen-bond donors (Lipinski definition) is 1. The van der Waals surface area contributed by atoms with Gasteiger partial charge in [0, 0.05) is 16.3 Å². The van der Waals surface area contributed by atoms with Crippen LogP contribution in [0.25, 0.3) is 0 Å². The van der Waals surface area contributed by atoms with E-state index >= 15 is 0 Å². The molecule has 1 rings (SSSR count). The van der Waals surface area contributed by atoms with E-state index in [1.807, 2.05) is 23.9 Å². The largest absolute Gasteiger partial charge is 0.313 e. The number of likely N-dealkylation sites (N-methyl/N-ethyl adjacent to an activating group) is 1. The molecule has 0 aliphatic carbocycles. The van der Waals surface area contributed by atoms with E-state index in [0.29, 0.717) is 12.0 Å². The highest BCUT2D eigenvalue weighted by atomic mass is 79.9. The molecule has 0 aliphatic heterocycles. The van der Waals surface area contributed by atoms with E-state index in [0.717, 1.165) is 34.5 Å². The van der Waals surface area contributed by atoms with Gasteiger partial charge in [0.1, 0.15) is 5.82 Å². The molecule has 0 aliphatic rings. The van der Waals surface area contributed by atoms with Gasteiger partial charge in [-0.1, -0.05) is 42.8 Å². The monoisotopic (exact) mass is 347 g/mol. The van der Waals surface area contributed by atoms with Crippen LogP contribution in [0.4, 0.5) is 4.39 Å². The highest BCUT2D eigenvalue weighted by Crippen LogP contribution is 2.18. The first-order valence-corrected chi connectivity index (χ1v) is 8.72. The number of rotatable bonds is 8. The second kappa shape index (κ2) is 8.98. The lowest BCUT2D eigenvalue weighted by Crippen LogP contribution is -2.33. The maximum Gasteiger partial charge on any atom is 0.127 e. The summed E-state index contributed by atoms with van der Waals surface area (Å²) >= 11 is 5.23. The topological polar surface area (TPSA) is 12.0 Å². The Morgan fingerprint density at radius 1 is 1.32 bits per heavy atom. The van der Waals surface area contributed by atoms with E-state index in [1.165, 1.54) is 0 Å². The van der Waals surface area contributed by atoms with Crippen molar-refractivity contribution in [2.24, 2.45) is 5.92 Å². The Labute approximate surface area is 128 Å². The second-order valence-electron chi connectivity index (χ2n) is 5.13. The Hall–Kier alpha value is -0.0600. The average molecular weight is 348 g/mol. The normalized spacial score (nSPS) is 12.9. The summed E-state index contributed by atoms with van der Waals surface area (Å²) < 4.78 is 14.6. The molecule has 1 aromatic rings. The number of nitrogens with one attached hydrogen (secondary N) is 1. The highest BCUT2D eigenvalue weighted by Gasteiger charge is 2.12. The zero-order chi connectivity index (χ0) is 14.3. The molecule has 0 spiro atoms. The van der Waals surface area contributed by atoms with Gasteiger partial charge in [-0.15, -0.1) is 0 Å². The molecule has 4 heteroatoms. The van der Waals surface area contributed by atoms with Crippen LogP contribution in [0.3, 0.4) is 0 Å². The minimum Gasteiger partial charge on any atom is -0.313 e. The molecule has 0 heterocycles. The van der Waals surface area contributed by atoms with Crippen LogP contribution in [0.1, 0.15) is 26.3 Å². The van der Waals surface area contributed by atoms with Crippen LogP contribution in [0.15, 0.2) is 22.7 Å². The van der Waals surface area contributed by atoms with Crippen molar-refractivity contribution >= 4 is 27.7 Å². The van der Waals surface area contributed by atoms with Crippen LogP contribution >= 0.6 is 27.7 Å². The SMILES string of the molecule is CCNC(CSCC(C)C)Cc1ccc(Br)cc1F. The lowest BCUT2D eigenvalue weighted by atomic mass is 10.1. The van der Waals surface area contributed by atoms with Crippen molar-refractivity contribution in [2.75, 3.05) is 18.1 Å². The molecule has 1 atom stereocenters. The fourth-order valence-electron chi connectivity index (χ4n) is 1.88. The highest BCUT2D eigenvalue weighted by molar-refractivity contribution is 9.10. The molecule has 1 aromatic carbocycles. The van der Waals surface area contributed by atoms with Crippen LogP contribution in [0.5, 0.6) is 0 Å². The molecule has 0 bridgehead atoms. The van der Waals surface area contributed by atoms with Crippen molar-refractivity contribution in [3.05, 3.63) is 34.1 Å². The minimum absolute atomic E-state index is 0.119. The van der Waals surface area contributed by atoms with Gasteiger partial charge in [0.25, 0.3) is 0 Å². The van der Waals surface area contributed by atoms with Gasteiger partial charge in [-0.3, -0.25) is 0 Å². The van der Waals surface area contributed by atoms with E-state index < -0.39 is 0 Å². The summed E-state index contributed by atoms with van der Waals surface area (Å²) in [6.07, 6.45) is 0.748. The second-order valence-corrected chi connectivity index (χ2v) is 7.12. The molecule has 1 nitrogen and oxygen atoms in total. The Kier molecular flexibility index (Phi) is 8.03. The maximum atomic E-state index is 13.8. The Morgan fingerprint density at radius 3 is 2.63 bits per heavy atom. The molecular formula is C15H23BrFNS. The summed E-state index contributed by atoms with van der Waals surface area (Å²) in [5.41, 5.74) is 0.791. The fourth-order valence-corrected chi connectivity index (χ4v) is 3.34. The van der Waals surface area contributed by atoms with Gasteiger partial charge in [0.2, 0.25) is 0 Å². The van der Waals surface area contributed by atoms with Gasteiger partial charge in [-0.25, -0.2) is 4.39 Å². The van der Waals surface area contributed by atoms with Crippen molar-refractivity contribution in [2.45, 2.75) is 33.2 Å². The molecule has 0 fully saturated rings. The quantitative estimate of drug-likeness (QED) is 0.742. The third-order valence-corrected chi connectivity index (χ3v) is 4.78. The summed E-state index contributed by atoms with van der Waals surface area (Å²) in [4.78, 5) is 0. The van der Waals surface area contributed by atoms with E-state index in [9.17, 15) is 4.39 Å². The van der Waals surface area contributed by atoms with E-state index in [2.05, 4.69) is 42.0 Å². The van der Waals surface area contributed by atoms with Crippen molar-refractivity contribution in [3.63, 3.8) is 0 Å². The summed E-state index contributed by atoms with van der Waals surface area (Å²) in [6.45, 7) is 7.47. The first-order chi connectivity index (χ1) is 9.02. The molecule has 0 radical (unpaired) electrons. The molecule has 19 heavy (non-hydrogen) atoms. The summed E-state index contributed by atoms with van der Waals surface area (Å²) in [6, 6.07) is 5.66. The Morgan fingerprint density at radius 2 is 2.05 bits per heavy atom. The number of benzene rings is 1. The standard InChI is InChI=1S/C15H23BrFNS/c1-4-18-14(10-19-9-11(2)3)7-12-5-6-13(16)8-15(12)17/h5-6,8,11,14,18H,4,7,9-10H2,1-3H3. The molecule has 0 aromatic heterocycles. The van der Waals surface area contributed by atoms with Gasteiger partial charge < -0.3 is 5.32 Å². The molecule has 1 N–H and O–H groups in total. The van der Waals surface area contributed by atoms with Crippen molar-refractivity contribution < 1.29 is 4.39 Å². The molecule has 0 saturated carbocycles. The van der Waals surface area contributed by atoms with Gasteiger partial charge in [0.15, 0.2) is 0 Å². The van der Waals surface area contributed by atoms with Crippen molar-refractivity contribution in [1.82, 2.24) is 5.32 Å². The van der Waals surface area contributed by atoms with Gasteiger partial charge in [-0.2, -0.15) is 11.8 Å². The first-order valence-electron chi connectivity index (χ1n) is 6.78. The lowest BCUT2D eigenvalue weighted by Gasteiger charge is -2.18. The van der Waals surface area contributed by atoms with Gasteiger partial charge in [-0.05, 0) is 42.3 Å². The third kappa shape index (κ3) is 6.77. The summed E-state index contributed by atoms with van der Waals surface area (Å²) in [5.74, 6) is 2.77. The van der Waals surface area contributed by atoms with Crippen LogP contribution < -0.4 is 5.32 Å². The molecule has 0 saturated heterocycles. The molecular weight excluding hydrogens is 325 g/mol. The van der Waals surface area contributed by atoms with Gasteiger partial charge in [0.05, 0.1) is 0 Å². The van der Waals surface area contributed by atoms with Crippen LogP contribution in [-0.2, 0) is 6.42 Å². The summed E-state index contributed by atoms with van der Waals surface area (Å²) in [5, 5.41) is 3.45. The number of thioether (sulfide) groups is 1. The number of hydrogen-bond acceptors (Lipinski definition) is 2. The smallest absolute Gasteiger partial charge is 0.127 e.